The third-order valence-electron chi connectivity index (χ3n) is 5.86. The first kappa shape index (κ1) is 22.1. The molecule has 1 heterocycles. The molecule has 0 spiro atoms. The molecule has 1 aliphatic heterocycles. The summed E-state index contributed by atoms with van der Waals surface area (Å²) in [5, 5.41) is 13.9. The normalized spacial score (nSPS) is 15.6. The number of hydrogen-bond acceptors (Lipinski definition) is 3. The van der Waals surface area contributed by atoms with Crippen LogP contribution in [0.3, 0.4) is 0 Å². The minimum absolute atomic E-state index is 0.150. The lowest BCUT2D eigenvalue weighted by Crippen LogP contribution is -2.31. The average Bonchev–Trinajstić information content (AvgIpc) is 2.93. The Kier molecular flexibility index (Phi) is 6.31. The molecule has 0 radical (unpaired) electrons. The highest BCUT2D eigenvalue weighted by molar-refractivity contribution is 6.30. The molecule has 2 amide bonds. The molecule has 1 aliphatic rings. The molecule has 0 saturated carbocycles. The van der Waals surface area contributed by atoms with E-state index in [2.05, 4.69) is 5.32 Å². The highest BCUT2D eigenvalue weighted by atomic mass is 35.5. The first-order chi connectivity index (χ1) is 15.3. The molecule has 164 valence electrons. The number of aliphatic hydroxyl groups excluding tert-OH is 1. The smallest absolute Gasteiger partial charge is 0.258 e. The molecule has 1 atom stereocenters. The van der Waals surface area contributed by atoms with Crippen LogP contribution in [0.1, 0.15) is 56.4 Å². The van der Waals surface area contributed by atoms with Gasteiger partial charge in [-0.1, -0.05) is 29.8 Å². The van der Waals surface area contributed by atoms with Gasteiger partial charge < -0.3 is 15.3 Å². The number of amides is 2. The van der Waals surface area contributed by atoms with Gasteiger partial charge in [-0.25, -0.2) is 0 Å². The number of aryl methyl sites for hydroxylation is 2. The number of halogens is 1. The Bertz CT molecular complexity index is 1190. The van der Waals surface area contributed by atoms with Gasteiger partial charge in [-0.3, -0.25) is 9.59 Å². The topological polar surface area (TPSA) is 69.6 Å². The summed E-state index contributed by atoms with van der Waals surface area (Å²) in [4.78, 5) is 27.7. The second kappa shape index (κ2) is 9.15. The summed E-state index contributed by atoms with van der Waals surface area (Å²) < 4.78 is 0. The molecular weight excluding hydrogens is 424 g/mol. The van der Waals surface area contributed by atoms with Crippen molar-refractivity contribution in [3.05, 3.63) is 93.5 Å². The molecule has 5 nitrogen and oxygen atoms in total. The van der Waals surface area contributed by atoms with E-state index in [1.807, 2.05) is 32.0 Å². The van der Waals surface area contributed by atoms with Gasteiger partial charge in [0.05, 0.1) is 6.10 Å². The summed E-state index contributed by atoms with van der Waals surface area (Å²) in [6.07, 6.45) is 0.602. The van der Waals surface area contributed by atoms with Crippen molar-refractivity contribution in [2.24, 2.45) is 0 Å². The summed E-state index contributed by atoms with van der Waals surface area (Å²) in [6, 6.07) is 17.9. The van der Waals surface area contributed by atoms with Gasteiger partial charge in [0.15, 0.2) is 0 Å². The molecule has 0 fully saturated rings. The maximum atomic E-state index is 13.4. The zero-order chi connectivity index (χ0) is 22.8. The molecule has 0 aromatic heterocycles. The Morgan fingerprint density at radius 3 is 2.56 bits per heavy atom. The van der Waals surface area contributed by atoms with Crippen molar-refractivity contribution >= 4 is 34.8 Å². The van der Waals surface area contributed by atoms with Gasteiger partial charge in [-0.15, -0.1) is 0 Å². The van der Waals surface area contributed by atoms with Crippen LogP contribution in [-0.2, 0) is 0 Å². The van der Waals surface area contributed by atoms with E-state index in [0.717, 1.165) is 11.1 Å². The fourth-order valence-electron chi connectivity index (χ4n) is 4.08. The number of benzene rings is 3. The summed E-state index contributed by atoms with van der Waals surface area (Å²) in [5.74, 6) is -0.333. The summed E-state index contributed by atoms with van der Waals surface area (Å²) in [7, 11) is 0. The fraction of sp³-hybridized carbons (Fsp3) is 0.231. The van der Waals surface area contributed by atoms with Crippen LogP contribution in [0.4, 0.5) is 11.4 Å². The number of anilines is 2. The largest absolute Gasteiger partial charge is 0.388 e. The fourth-order valence-corrected chi connectivity index (χ4v) is 4.26. The quantitative estimate of drug-likeness (QED) is 0.541. The molecular formula is C26H25ClN2O3. The van der Waals surface area contributed by atoms with E-state index < -0.39 is 6.10 Å². The first-order valence-corrected chi connectivity index (χ1v) is 11.0. The average molecular weight is 449 g/mol. The third kappa shape index (κ3) is 4.40. The summed E-state index contributed by atoms with van der Waals surface area (Å²) in [5.41, 5.74) is 4.84. The van der Waals surface area contributed by atoms with Crippen molar-refractivity contribution in [2.75, 3.05) is 16.8 Å². The van der Waals surface area contributed by atoms with Crippen molar-refractivity contribution in [2.45, 2.75) is 32.8 Å². The van der Waals surface area contributed by atoms with Crippen LogP contribution in [0.2, 0.25) is 5.02 Å². The van der Waals surface area contributed by atoms with E-state index in [0.29, 0.717) is 52.5 Å². The van der Waals surface area contributed by atoms with E-state index in [-0.39, 0.29) is 11.8 Å². The lowest BCUT2D eigenvalue weighted by atomic mass is 10.0. The molecule has 6 heteroatoms. The zero-order valence-corrected chi connectivity index (χ0v) is 18.8. The van der Waals surface area contributed by atoms with E-state index in [1.54, 1.807) is 47.4 Å². The highest BCUT2D eigenvalue weighted by Crippen LogP contribution is 2.35. The second-order valence-electron chi connectivity index (χ2n) is 8.12. The zero-order valence-electron chi connectivity index (χ0n) is 18.1. The van der Waals surface area contributed by atoms with Crippen LogP contribution < -0.4 is 10.2 Å². The van der Waals surface area contributed by atoms with Crippen LogP contribution in [0, 0.1) is 13.8 Å². The Morgan fingerprint density at radius 1 is 1.03 bits per heavy atom. The molecule has 4 rings (SSSR count). The predicted octanol–water partition coefficient (Wildman–Crippen LogP) is 5.68. The van der Waals surface area contributed by atoms with Crippen LogP contribution in [0.5, 0.6) is 0 Å². The van der Waals surface area contributed by atoms with Gasteiger partial charge >= 0.3 is 0 Å². The number of nitrogens with zero attached hydrogens (tertiary/aromatic N) is 1. The van der Waals surface area contributed by atoms with Gasteiger partial charge in [-0.2, -0.15) is 0 Å². The highest BCUT2D eigenvalue weighted by Gasteiger charge is 2.26. The van der Waals surface area contributed by atoms with Crippen molar-refractivity contribution < 1.29 is 14.7 Å². The molecule has 0 aliphatic carbocycles. The second-order valence-corrected chi connectivity index (χ2v) is 8.55. The predicted molar refractivity (Wildman–Crippen MR) is 128 cm³/mol. The van der Waals surface area contributed by atoms with Gasteiger partial charge in [0.1, 0.15) is 0 Å². The number of rotatable bonds is 3. The van der Waals surface area contributed by atoms with Gasteiger partial charge in [-0.05, 0) is 80.3 Å². The molecule has 1 unspecified atom stereocenters. The molecule has 3 aromatic rings. The molecule has 2 N–H and O–H groups in total. The van der Waals surface area contributed by atoms with E-state index in [9.17, 15) is 14.7 Å². The monoisotopic (exact) mass is 448 g/mol. The molecule has 32 heavy (non-hydrogen) atoms. The SMILES string of the molecule is Cc1cc(C(=O)N2CCCC(O)c3cc(Cl)ccc32)ccc1NC(=O)c1ccccc1C. The van der Waals surface area contributed by atoms with Crippen molar-refractivity contribution in [1.29, 1.82) is 0 Å². The summed E-state index contributed by atoms with van der Waals surface area (Å²) >= 11 is 6.12. The first-order valence-electron chi connectivity index (χ1n) is 10.6. The lowest BCUT2D eigenvalue weighted by molar-refractivity contribution is 0.0985. The standard InChI is InChI=1S/C26H25ClN2O3/c1-16-6-3-4-7-20(16)25(31)28-22-11-9-18(14-17(22)2)26(32)29-13-5-8-24(30)21-15-19(27)10-12-23(21)29/h3-4,6-7,9-12,14-15,24,30H,5,8,13H2,1-2H3,(H,28,31). The summed E-state index contributed by atoms with van der Waals surface area (Å²) in [6.45, 7) is 4.27. The van der Waals surface area contributed by atoms with Crippen molar-refractivity contribution in [3.63, 3.8) is 0 Å². The Hall–Kier alpha value is -3.15. The molecule has 0 saturated heterocycles. The number of carbonyl (C=O) groups is 2. The maximum Gasteiger partial charge on any atom is 0.258 e. The number of carbonyl (C=O) groups excluding carboxylic acids is 2. The minimum atomic E-state index is -0.651. The van der Waals surface area contributed by atoms with E-state index >= 15 is 0 Å². The number of hydrogen-bond donors (Lipinski definition) is 2. The lowest BCUT2D eigenvalue weighted by Gasteiger charge is -2.24. The van der Waals surface area contributed by atoms with Crippen molar-refractivity contribution in [1.82, 2.24) is 0 Å². The molecule has 3 aromatic carbocycles. The van der Waals surface area contributed by atoms with Gasteiger partial charge in [0, 0.05) is 39.6 Å². The van der Waals surface area contributed by atoms with Crippen molar-refractivity contribution in [3.8, 4) is 0 Å². The van der Waals surface area contributed by atoms with Gasteiger partial charge in [0.25, 0.3) is 11.8 Å². The Labute approximate surface area is 192 Å². The maximum absolute atomic E-state index is 13.4. The van der Waals surface area contributed by atoms with E-state index in [1.165, 1.54) is 0 Å². The van der Waals surface area contributed by atoms with Crippen LogP contribution >= 0.6 is 11.6 Å². The third-order valence-corrected chi connectivity index (χ3v) is 6.09. The number of nitrogens with one attached hydrogen (secondary N) is 1. The Balaban J connectivity index is 1.59. The van der Waals surface area contributed by atoms with E-state index in [4.69, 9.17) is 11.6 Å². The Morgan fingerprint density at radius 2 is 1.81 bits per heavy atom. The molecule has 0 bridgehead atoms. The van der Waals surface area contributed by atoms with Crippen LogP contribution in [0.15, 0.2) is 60.7 Å². The minimum Gasteiger partial charge on any atom is -0.388 e. The van der Waals surface area contributed by atoms with Crippen LogP contribution in [-0.4, -0.2) is 23.5 Å². The number of aliphatic hydroxyl groups is 1. The van der Waals surface area contributed by atoms with Gasteiger partial charge in [0.2, 0.25) is 0 Å². The number of fused-ring (bicyclic) bond motifs is 1. The van der Waals surface area contributed by atoms with Crippen LogP contribution in [0.25, 0.3) is 0 Å².